The van der Waals surface area contributed by atoms with Crippen LogP contribution < -0.4 is 4.74 Å². The predicted octanol–water partition coefficient (Wildman–Crippen LogP) is 7.34. The van der Waals surface area contributed by atoms with E-state index in [1.807, 2.05) is 0 Å². The van der Waals surface area contributed by atoms with Crippen LogP contribution in [-0.4, -0.2) is 19.3 Å². The van der Waals surface area contributed by atoms with E-state index < -0.39 is 0 Å². The molecule has 2 heteroatoms. The summed E-state index contributed by atoms with van der Waals surface area (Å²) in [6, 6.07) is 17.8. The van der Waals surface area contributed by atoms with E-state index in [1.54, 1.807) is 0 Å². The molecule has 2 atom stereocenters. The molecule has 1 saturated heterocycles. The van der Waals surface area contributed by atoms with Gasteiger partial charge in [0.25, 0.3) is 0 Å². The van der Waals surface area contributed by atoms with Crippen LogP contribution in [0.4, 0.5) is 0 Å². The standard InChI is InChI=1S/C27H34O2/c1-26(2,3)15-25(27(4,5)6)24-13-18-11-12-19(28-16-20-17-29-20)14-23(18)21-9-7-8-10-22(21)24/h7-14,20,25H,15-17H2,1-6H3. The molecule has 29 heavy (non-hydrogen) atoms. The lowest BCUT2D eigenvalue weighted by molar-refractivity contribution is 0.230. The molecule has 0 amide bonds. The summed E-state index contributed by atoms with van der Waals surface area (Å²) in [5.74, 6) is 1.41. The molecule has 3 aromatic rings. The number of epoxide rings is 1. The molecule has 1 aliphatic heterocycles. The minimum absolute atomic E-state index is 0.192. The van der Waals surface area contributed by atoms with Gasteiger partial charge in [-0.15, -0.1) is 0 Å². The first-order valence-corrected chi connectivity index (χ1v) is 10.8. The van der Waals surface area contributed by atoms with Crippen LogP contribution >= 0.6 is 0 Å². The second kappa shape index (κ2) is 7.32. The zero-order chi connectivity index (χ0) is 20.8. The molecule has 0 saturated carbocycles. The number of ether oxygens (including phenoxy) is 2. The molecule has 3 aromatic carbocycles. The van der Waals surface area contributed by atoms with Crippen molar-refractivity contribution in [2.75, 3.05) is 13.2 Å². The quantitative estimate of drug-likeness (QED) is 0.336. The van der Waals surface area contributed by atoms with Gasteiger partial charge in [-0.05, 0) is 62.4 Å². The van der Waals surface area contributed by atoms with E-state index in [-0.39, 0.29) is 16.9 Å². The summed E-state index contributed by atoms with van der Waals surface area (Å²) in [7, 11) is 0. The zero-order valence-corrected chi connectivity index (χ0v) is 18.7. The topological polar surface area (TPSA) is 21.8 Å². The Morgan fingerprint density at radius 1 is 0.931 bits per heavy atom. The van der Waals surface area contributed by atoms with E-state index >= 15 is 0 Å². The molecular weight excluding hydrogens is 356 g/mol. The van der Waals surface area contributed by atoms with Crippen LogP contribution in [0.25, 0.3) is 21.5 Å². The third kappa shape index (κ3) is 4.59. The molecule has 0 radical (unpaired) electrons. The lowest BCUT2D eigenvalue weighted by Gasteiger charge is -2.37. The predicted molar refractivity (Wildman–Crippen MR) is 123 cm³/mol. The van der Waals surface area contributed by atoms with Crippen LogP contribution in [-0.2, 0) is 4.74 Å². The molecule has 0 aromatic heterocycles. The fourth-order valence-corrected chi connectivity index (χ4v) is 4.34. The van der Waals surface area contributed by atoms with Crippen LogP contribution in [0.3, 0.4) is 0 Å². The number of hydrogen-bond acceptors (Lipinski definition) is 2. The molecule has 4 rings (SSSR count). The summed E-state index contributed by atoms with van der Waals surface area (Å²) in [4.78, 5) is 0. The Kier molecular flexibility index (Phi) is 5.11. The maximum absolute atomic E-state index is 5.96. The highest BCUT2D eigenvalue weighted by Gasteiger charge is 2.32. The average Bonchev–Trinajstić information content (AvgIpc) is 3.47. The van der Waals surface area contributed by atoms with E-state index in [0.29, 0.717) is 12.5 Å². The number of hydrogen-bond donors (Lipinski definition) is 0. The Labute approximate surface area is 175 Å². The summed E-state index contributed by atoms with van der Waals surface area (Å²) < 4.78 is 11.2. The van der Waals surface area contributed by atoms with Crippen LogP contribution in [0, 0.1) is 10.8 Å². The molecule has 0 N–H and O–H groups in total. The molecular formula is C27H34O2. The van der Waals surface area contributed by atoms with E-state index in [4.69, 9.17) is 9.47 Å². The van der Waals surface area contributed by atoms with Gasteiger partial charge in [0, 0.05) is 0 Å². The second-order valence-electron chi connectivity index (χ2n) is 10.8. The van der Waals surface area contributed by atoms with E-state index in [0.717, 1.165) is 18.8 Å². The van der Waals surface area contributed by atoms with Crippen molar-refractivity contribution in [3.63, 3.8) is 0 Å². The largest absolute Gasteiger partial charge is 0.491 e. The van der Waals surface area contributed by atoms with Gasteiger partial charge in [-0.25, -0.2) is 0 Å². The van der Waals surface area contributed by atoms with Crippen LogP contribution in [0.5, 0.6) is 5.75 Å². The van der Waals surface area contributed by atoms with Crippen molar-refractivity contribution in [2.45, 2.75) is 60.0 Å². The summed E-state index contributed by atoms with van der Waals surface area (Å²) in [5.41, 5.74) is 1.93. The fourth-order valence-electron chi connectivity index (χ4n) is 4.34. The van der Waals surface area contributed by atoms with Crippen molar-refractivity contribution in [3.05, 3.63) is 54.1 Å². The minimum atomic E-state index is 0.192. The third-order valence-electron chi connectivity index (χ3n) is 5.94. The summed E-state index contributed by atoms with van der Waals surface area (Å²) in [6.07, 6.45) is 1.43. The SMILES string of the molecule is CC(C)(C)CC(c1cc2ccc(OCC3CO3)cc2c2ccccc12)C(C)(C)C. The molecule has 1 aliphatic rings. The van der Waals surface area contributed by atoms with Gasteiger partial charge in [0.1, 0.15) is 18.5 Å². The Morgan fingerprint density at radius 3 is 2.24 bits per heavy atom. The van der Waals surface area contributed by atoms with Gasteiger partial charge in [0.2, 0.25) is 0 Å². The molecule has 154 valence electrons. The maximum atomic E-state index is 5.96. The Morgan fingerprint density at radius 2 is 1.62 bits per heavy atom. The summed E-state index contributed by atoms with van der Waals surface area (Å²) >= 11 is 0. The van der Waals surface area contributed by atoms with Gasteiger partial charge in [0.15, 0.2) is 0 Å². The molecule has 0 bridgehead atoms. The highest BCUT2D eigenvalue weighted by molar-refractivity contribution is 6.09. The lowest BCUT2D eigenvalue weighted by atomic mass is 9.68. The summed E-state index contributed by atoms with van der Waals surface area (Å²) in [6.45, 7) is 15.6. The van der Waals surface area contributed by atoms with Crippen LogP contribution in [0.15, 0.2) is 48.5 Å². The second-order valence-corrected chi connectivity index (χ2v) is 10.8. The van der Waals surface area contributed by atoms with E-state index in [1.165, 1.54) is 27.1 Å². The number of fused-ring (bicyclic) bond motifs is 3. The first kappa shape index (κ1) is 20.2. The molecule has 0 spiro atoms. The van der Waals surface area contributed by atoms with Gasteiger partial charge in [-0.2, -0.15) is 0 Å². The summed E-state index contributed by atoms with van der Waals surface area (Å²) in [5, 5.41) is 5.24. The van der Waals surface area contributed by atoms with Gasteiger partial charge in [-0.1, -0.05) is 77.9 Å². The molecule has 1 heterocycles. The Balaban J connectivity index is 1.86. The van der Waals surface area contributed by atoms with E-state index in [2.05, 4.69) is 90.1 Å². The third-order valence-corrected chi connectivity index (χ3v) is 5.94. The van der Waals surface area contributed by atoms with Crippen molar-refractivity contribution in [1.29, 1.82) is 0 Å². The number of benzene rings is 3. The van der Waals surface area contributed by atoms with Crippen molar-refractivity contribution >= 4 is 21.5 Å². The van der Waals surface area contributed by atoms with Gasteiger partial charge in [-0.3, -0.25) is 0 Å². The van der Waals surface area contributed by atoms with Crippen molar-refractivity contribution in [3.8, 4) is 5.75 Å². The van der Waals surface area contributed by atoms with Crippen molar-refractivity contribution in [1.82, 2.24) is 0 Å². The Bertz CT molecular complexity index is 1020. The first-order chi connectivity index (χ1) is 13.6. The first-order valence-electron chi connectivity index (χ1n) is 10.8. The van der Waals surface area contributed by atoms with Gasteiger partial charge >= 0.3 is 0 Å². The molecule has 0 aliphatic carbocycles. The molecule has 2 nitrogen and oxygen atoms in total. The van der Waals surface area contributed by atoms with Gasteiger partial charge in [0.05, 0.1) is 6.61 Å². The highest BCUT2D eigenvalue weighted by atomic mass is 16.6. The fraction of sp³-hybridized carbons (Fsp3) is 0.481. The average molecular weight is 391 g/mol. The van der Waals surface area contributed by atoms with Crippen LogP contribution in [0.2, 0.25) is 0 Å². The van der Waals surface area contributed by atoms with Crippen molar-refractivity contribution < 1.29 is 9.47 Å². The smallest absolute Gasteiger partial charge is 0.120 e. The van der Waals surface area contributed by atoms with E-state index in [9.17, 15) is 0 Å². The lowest BCUT2D eigenvalue weighted by Crippen LogP contribution is -2.24. The normalized spacial score (nSPS) is 18.2. The molecule has 1 fully saturated rings. The highest BCUT2D eigenvalue weighted by Crippen LogP contribution is 2.46. The maximum Gasteiger partial charge on any atom is 0.120 e. The Hall–Kier alpha value is -2.06. The van der Waals surface area contributed by atoms with Gasteiger partial charge < -0.3 is 9.47 Å². The van der Waals surface area contributed by atoms with Crippen molar-refractivity contribution in [2.24, 2.45) is 10.8 Å². The zero-order valence-electron chi connectivity index (χ0n) is 18.7. The minimum Gasteiger partial charge on any atom is -0.491 e. The molecule has 2 unspecified atom stereocenters. The number of rotatable bonds is 5. The van der Waals surface area contributed by atoms with Crippen LogP contribution in [0.1, 0.15) is 59.4 Å². The monoisotopic (exact) mass is 390 g/mol.